The number of carbonyl (C=O) groups is 4. The van der Waals surface area contributed by atoms with E-state index in [-0.39, 0.29) is 19.6 Å². The van der Waals surface area contributed by atoms with Gasteiger partial charge in [-0.2, -0.15) is 0 Å². The Morgan fingerprint density at radius 2 is 1.40 bits per heavy atom. The molecule has 1 aliphatic heterocycles. The Hall–Kier alpha value is -4.61. The number of aryl methyl sites for hydroxylation is 1. The van der Waals surface area contributed by atoms with Crippen LogP contribution in [0, 0.1) is 0 Å². The third kappa shape index (κ3) is 10.1. The summed E-state index contributed by atoms with van der Waals surface area (Å²) in [6.45, 7) is 3.37. The van der Waals surface area contributed by atoms with Gasteiger partial charge in [0, 0.05) is 38.6 Å². The van der Waals surface area contributed by atoms with Crippen molar-refractivity contribution in [2.45, 2.75) is 70.7 Å². The van der Waals surface area contributed by atoms with Crippen molar-refractivity contribution in [3.63, 3.8) is 0 Å². The zero-order valence-corrected chi connectivity index (χ0v) is 23.5. The van der Waals surface area contributed by atoms with Crippen molar-refractivity contribution in [1.29, 1.82) is 0 Å². The van der Waals surface area contributed by atoms with Crippen molar-refractivity contribution in [1.82, 2.24) is 0 Å². The van der Waals surface area contributed by atoms with Gasteiger partial charge in [-0.25, -0.2) is 0 Å². The van der Waals surface area contributed by atoms with E-state index < -0.39 is 54.6 Å². The molecule has 0 aliphatic carbocycles. The first kappa shape index (κ1) is 31.9. The smallest absolute Gasteiger partial charge is 0.306 e. The lowest BCUT2D eigenvalue weighted by Gasteiger charge is -2.43. The molecule has 1 heterocycles. The monoisotopic (exact) mass is 583 g/mol. The molecule has 0 bridgehead atoms. The Labute approximate surface area is 242 Å². The van der Waals surface area contributed by atoms with Crippen LogP contribution in [0.1, 0.15) is 38.3 Å². The quantitative estimate of drug-likeness (QED) is 0.111. The van der Waals surface area contributed by atoms with Gasteiger partial charge in [-0.05, 0) is 41.6 Å². The summed E-state index contributed by atoms with van der Waals surface area (Å²) in [5.74, 6) is -2.40. The number of ether oxygens (including phenoxy) is 6. The molecule has 3 rings (SSSR count). The average molecular weight is 584 g/mol. The minimum atomic E-state index is -1.34. The maximum atomic E-state index is 12.6. The van der Waals surface area contributed by atoms with E-state index >= 15 is 0 Å². The number of esters is 4. The first-order valence-electron chi connectivity index (χ1n) is 13.3. The highest BCUT2D eigenvalue weighted by Gasteiger charge is 2.53. The minimum absolute atomic E-state index is 0.0877. The highest BCUT2D eigenvalue weighted by molar-refractivity contribution is 5.70. The van der Waals surface area contributed by atoms with Crippen LogP contribution >= 0.6 is 0 Å². The van der Waals surface area contributed by atoms with E-state index in [2.05, 4.69) is 10.0 Å². The molecule has 2 aromatic carbocycles. The van der Waals surface area contributed by atoms with Crippen molar-refractivity contribution < 1.29 is 47.6 Å². The van der Waals surface area contributed by atoms with Crippen LogP contribution in [-0.4, -0.2) is 67.7 Å². The summed E-state index contributed by atoms with van der Waals surface area (Å²) in [6.07, 6.45) is -5.41. The molecule has 0 radical (unpaired) electrons. The minimum Gasteiger partial charge on any atom is -0.463 e. The van der Waals surface area contributed by atoms with Crippen LogP contribution in [0.25, 0.3) is 10.4 Å². The number of rotatable bonds is 13. The lowest BCUT2D eigenvalue weighted by atomic mass is 9.98. The predicted octanol–water partition coefficient (Wildman–Crippen LogP) is 3.61. The molecular formula is C29H33N3O10. The van der Waals surface area contributed by atoms with Gasteiger partial charge in [0.25, 0.3) is 0 Å². The van der Waals surface area contributed by atoms with E-state index in [1.165, 1.54) is 0 Å². The summed E-state index contributed by atoms with van der Waals surface area (Å²) < 4.78 is 33.9. The van der Waals surface area contributed by atoms with Gasteiger partial charge in [-0.1, -0.05) is 47.6 Å². The SMILES string of the molecule is CC(=O)O[C@H]1[C@@H](OC(C)=O)[C@@H](Oc2ccc(CCN=[N+]=[N-])cc2)O[C@H](COC(=O)CCc2ccccc2)[C@H]1OC(C)=O. The van der Waals surface area contributed by atoms with Crippen LogP contribution in [-0.2, 0) is 55.7 Å². The Balaban J connectivity index is 1.82. The summed E-state index contributed by atoms with van der Waals surface area (Å²) in [5, 5.41) is 3.51. The molecule has 42 heavy (non-hydrogen) atoms. The van der Waals surface area contributed by atoms with Crippen LogP contribution in [0.3, 0.4) is 0 Å². The summed E-state index contributed by atoms with van der Waals surface area (Å²) in [6, 6.07) is 16.2. The molecule has 5 atom stereocenters. The lowest BCUT2D eigenvalue weighted by molar-refractivity contribution is -0.288. The third-order valence-corrected chi connectivity index (χ3v) is 6.11. The van der Waals surface area contributed by atoms with Gasteiger partial charge in [0.1, 0.15) is 18.5 Å². The molecule has 0 unspecified atom stereocenters. The molecule has 0 saturated carbocycles. The van der Waals surface area contributed by atoms with E-state index in [0.29, 0.717) is 18.6 Å². The Morgan fingerprint density at radius 1 is 0.810 bits per heavy atom. The predicted molar refractivity (Wildman–Crippen MR) is 146 cm³/mol. The van der Waals surface area contributed by atoms with Crippen molar-refractivity contribution in [3.05, 3.63) is 76.2 Å². The Bertz CT molecular complexity index is 1260. The van der Waals surface area contributed by atoms with Crippen LogP contribution in [0.5, 0.6) is 5.75 Å². The van der Waals surface area contributed by atoms with Crippen LogP contribution < -0.4 is 4.74 Å². The first-order chi connectivity index (χ1) is 20.2. The highest BCUT2D eigenvalue weighted by Crippen LogP contribution is 2.31. The van der Waals surface area contributed by atoms with Gasteiger partial charge in [0.15, 0.2) is 12.2 Å². The number of hydrogen-bond acceptors (Lipinski definition) is 11. The third-order valence-electron chi connectivity index (χ3n) is 6.11. The summed E-state index contributed by atoms with van der Waals surface area (Å²) in [5.41, 5.74) is 10.3. The maximum Gasteiger partial charge on any atom is 0.306 e. The molecular weight excluding hydrogens is 550 g/mol. The fourth-order valence-electron chi connectivity index (χ4n) is 4.32. The number of nitrogens with zero attached hydrogens (tertiary/aromatic N) is 3. The molecule has 2 aromatic rings. The molecule has 0 amide bonds. The summed E-state index contributed by atoms with van der Waals surface area (Å²) in [7, 11) is 0. The van der Waals surface area contributed by atoms with Gasteiger partial charge in [-0.15, -0.1) is 0 Å². The highest BCUT2D eigenvalue weighted by atomic mass is 16.7. The molecule has 1 fully saturated rings. The van der Waals surface area contributed by atoms with Crippen molar-refractivity contribution in [3.8, 4) is 5.75 Å². The molecule has 0 spiro atoms. The summed E-state index contributed by atoms with van der Waals surface area (Å²) in [4.78, 5) is 51.4. The van der Waals surface area contributed by atoms with Gasteiger partial charge in [-0.3, -0.25) is 19.2 Å². The normalized spacial score (nSPS) is 21.3. The number of carbonyl (C=O) groups excluding carboxylic acids is 4. The Kier molecular flexibility index (Phi) is 12.1. The maximum absolute atomic E-state index is 12.6. The van der Waals surface area contributed by atoms with E-state index in [1.54, 1.807) is 24.3 Å². The first-order valence-corrected chi connectivity index (χ1v) is 13.3. The van der Waals surface area contributed by atoms with E-state index in [1.807, 2.05) is 30.3 Å². The molecule has 1 aliphatic rings. The van der Waals surface area contributed by atoms with E-state index in [0.717, 1.165) is 31.9 Å². The van der Waals surface area contributed by atoms with E-state index in [9.17, 15) is 19.2 Å². The topological polar surface area (TPSA) is 172 Å². The molecule has 1 saturated heterocycles. The molecule has 13 nitrogen and oxygen atoms in total. The largest absolute Gasteiger partial charge is 0.463 e. The molecule has 224 valence electrons. The van der Waals surface area contributed by atoms with Crippen LogP contribution in [0.15, 0.2) is 59.7 Å². The second-order valence-electron chi connectivity index (χ2n) is 9.40. The second kappa shape index (κ2) is 16.0. The van der Waals surface area contributed by atoms with Gasteiger partial charge < -0.3 is 28.4 Å². The fourth-order valence-corrected chi connectivity index (χ4v) is 4.32. The van der Waals surface area contributed by atoms with Gasteiger partial charge in [0.2, 0.25) is 12.4 Å². The lowest BCUT2D eigenvalue weighted by Crippen LogP contribution is -2.63. The van der Waals surface area contributed by atoms with Crippen molar-refractivity contribution >= 4 is 23.9 Å². The van der Waals surface area contributed by atoms with Crippen molar-refractivity contribution in [2.75, 3.05) is 13.2 Å². The summed E-state index contributed by atoms with van der Waals surface area (Å²) >= 11 is 0. The zero-order valence-electron chi connectivity index (χ0n) is 23.5. The number of benzene rings is 2. The van der Waals surface area contributed by atoms with Crippen LogP contribution in [0.2, 0.25) is 0 Å². The van der Waals surface area contributed by atoms with Crippen LogP contribution in [0.4, 0.5) is 0 Å². The Morgan fingerprint density at radius 3 is 2.02 bits per heavy atom. The zero-order chi connectivity index (χ0) is 30.5. The molecule has 0 N–H and O–H groups in total. The average Bonchev–Trinajstić information content (AvgIpc) is 2.95. The second-order valence-corrected chi connectivity index (χ2v) is 9.40. The van der Waals surface area contributed by atoms with Gasteiger partial charge >= 0.3 is 23.9 Å². The fraction of sp³-hybridized carbons (Fsp3) is 0.448. The van der Waals surface area contributed by atoms with Crippen molar-refractivity contribution in [2.24, 2.45) is 5.11 Å². The van der Waals surface area contributed by atoms with E-state index in [4.69, 9.17) is 34.0 Å². The molecule has 0 aromatic heterocycles. The molecule has 13 heteroatoms. The standard InChI is InChI=1S/C29H33N3O10/c1-18(33)38-26-24(17-37-25(36)14-11-21-7-5-4-6-8-21)42-29(28(40-20(3)35)27(26)39-19(2)34)41-23-12-9-22(10-13-23)15-16-31-32-30/h4-10,12-13,24,26-29H,11,14-17H2,1-3H3/t24-,26-,27-,28-,29+/m1/s1. The number of azide groups is 1. The van der Waals surface area contributed by atoms with Gasteiger partial charge in [0.05, 0.1) is 0 Å². The number of hydrogen-bond donors (Lipinski definition) is 0.